The van der Waals surface area contributed by atoms with E-state index in [0.717, 1.165) is 24.0 Å². The number of carbonyl (C=O) groups is 2. The number of carbonyl (C=O) groups excluding carboxylic acids is 2. The van der Waals surface area contributed by atoms with Crippen LogP contribution < -0.4 is 10.0 Å². The van der Waals surface area contributed by atoms with Gasteiger partial charge in [-0.25, -0.2) is 13.1 Å². The molecule has 1 saturated carbocycles. The van der Waals surface area contributed by atoms with Crippen LogP contribution in [0.4, 0.5) is 0 Å². The number of nitrogens with one attached hydrogen (secondary N) is 2. The van der Waals surface area contributed by atoms with Gasteiger partial charge in [-0.2, -0.15) is 0 Å². The zero-order valence-electron chi connectivity index (χ0n) is 24.7. The Kier molecular flexibility index (Phi) is 11.8. The molecule has 0 spiro atoms. The summed E-state index contributed by atoms with van der Waals surface area (Å²) in [5, 5.41) is 3.58. The molecule has 3 aromatic rings. The summed E-state index contributed by atoms with van der Waals surface area (Å²) in [7, 11) is -3.55. The van der Waals surface area contributed by atoms with Gasteiger partial charge in [0, 0.05) is 37.2 Å². The molecule has 1 aliphatic carbocycles. The first-order valence-electron chi connectivity index (χ1n) is 14.7. The van der Waals surface area contributed by atoms with E-state index >= 15 is 0 Å². The number of benzene rings is 3. The third-order valence-corrected chi connectivity index (χ3v) is 8.88. The lowest BCUT2D eigenvalue weighted by molar-refractivity contribution is -0.141. The van der Waals surface area contributed by atoms with Gasteiger partial charge in [0.1, 0.15) is 6.04 Å². The van der Waals surface area contributed by atoms with Gasteiger partial charge in [-0.3, -0.25) is 9.59 Å². The second-order valence-electron chi connectivity index (χ2n) is 11.1. The van der Waals surface area contributed by atoms with Crippen LogP contribution in [0, 0.1) is 0 Å². The van der Waals surface area contributed by atoms with Gasteiger partial charge in [-0.15, -0.1) is 0 Å². The van der Waals surface area contributed by atoms with E-state index in [1.165, 1.54) is 0 Å². The molecule has 2 amide bonds. The predicted molar refractivity (Wildman–Crippen MR) is 168 cm³/mol. The number of hydrogen-bond acceptors (Lipinski definition) is 5. The number of amides is 2. The molecular weight excluding hydrogens is 586 g/mol. The van der Waals surface area contributed by atoms with Crippen LogP contribution in [0.15, 0.2) is 83.8 Å². The fourth-order valence-corrected chi connectivity index (χ4v) is 6.07. The summed E-state index contributed by atoms with van der Waals surface area (Å²) in [5.74, 6) is -0.468. The van der Waals surface area contributed by atoms with E-state index in [1.54, 1.807) is 41.3 Å². The lowest BCUT2D eigenvalue weighted by Crippen LogP contribution is -2.44. The van der Waals surface area contributed by atoms with Gasteiger partial charge in [-0.05, 0) is 80.5 Å². The molecule has 0 aliphatic heterocycles. The van der Waals surface area contributed by atoms with E-state index in [2.05, 4.69) is 10.0 Å². The van der Waals surface area contributed by atoms with Crippen LogP contribution in [0.25, 0.3) is 0 Å². The van der Waals surface area contributed by atoms with Gasteiger partial charge in [0.05, 0.1) is 11.0 Å². The van der Waals surface area contributed by atoms with E-state index in [4.69, 9.17) is 16.3 Å². The van der Waals surface area contributed by atoms with Crippen LogP contribution in [-0.4, -0.2) is 50.4 Å². The van der Waals surface area contributed by atoms with Crippen molar-refractivity contribution in [2.24, 2.45) is 0 Å². The molecule has 1 unspecified atom stereocenters. The molecule has 2 N–H and O–H groups in total. The Morgan fingerprint density at radius 1 is 0.953 bits per heavy atom. The Hall–Kier alpha value is -3.24. The Labute approximate surface area is 259 Å². The number of ether oxygens (including phenoxy) is 1. The van der Waals surface area contributed by atoms with Crippen molar-refractivity contribution < 1.29 is 22.7 Å². The number of sulfonamides is 1. The maximum absolute atomic E-state index is 13.9. The molecule has 8 nitrogen and oxygen atoms in total. The van der Waals surface area contributed by atoms with Gasteiger partial charge in [0.2, 0.25) is 21.8 Å². The van der Waals surface area contributed by atoms with E-state index in [1.807, 2.05) is 56.3 Å². The Morgan fingerprint density at radius 2 is 1.60 bits per heavy atom. The highest BCUT2D eigenvalue weighted by molar-refractivity contribution is 7.89. The van der Waals surface area contributed by atoms with Crippen molar-refractivity contribution in [3.05, 3.63) is 101 Å². The van der Waals surface area contributed by atoms with Crippen LogP contribution in [0.2, 0.25) is 5.02 Å². The van der Waals surface area contributed by atoms with Gasteiger partial charge in [0.25, 0.3) is 0 Å². The first kappa shape index (κ1) is 32.7. The molecule has 0 bridgehead atoms. The molecule has 3 aromatic carbocycles. The third-order valence-electron chi connectivity index (χ3n) is 7.09. The number of nitrogens with zero attached hydrogens (tertiary/aromatic N) is 1. The standard InChI is InChI=1S/C33H40ClN3O5S/c1-24(2)42-22-6-21-35-33(39)32(27-7-4-3-5-8-27)37(23-26-9-14-28(34)15-10-26)31(38)20-13-25-11-18-30(19-12-25)43(40,41)36-29-16-17-29/h3-5,7-12,14-15,18-19,24,29,32,36H,6,13,16-17,20-23H2,1-2H3,(H,35,39). The average Bonchev–Trinajstić information content (AvgIpc) is 3.80. The molecule has 0 saturated heterocycles. The van der Waals surface area contributed by atoms with Crippen molar-refractivity contribution in [1.82, 2.24) is 14.9 Å². The minimum Gasteiger partial charge on any atom is -0.379 e. The summed E-state index contributed by atoms with van der Waals surface area (Å²) in [4.78, 5) is 29.4. The van der Waals surface area contributed by atoms with E-state index in [0.29, 0.717) is 36.6 Å². The molecular formula is C33H40ClN3O5S. The average molecular weight is 626 g/mol. The number of aryl methyl sites for hydroxylation is 1. The molecule has 0 aromatic heterocycles. The van der Waals surface area contributed by atoms with E-state index in [-0.39, 0.29) is 41.8 Å². The highest BCUT2D eigenvalue weighted by Crippen LogP contribution is 2.26. The van der Waals surface area contributed by atoms with Gasteiger partial charge in [0.15, 0.2) is 0 Å². The first-order valence-corrected chi connectivity index (χ1v) is 16.6. The highest BCUT2D eigenvalue weighted by atomic mass is 35.5. The van der Waals surface area contributed by atoms with E-state index in [9.17, 15) is 18.0 Å². The maximum atomic E-state index is 13.9. The van der Waals surface area contributed by atoms with Crippen molar-refractivity contribution in [2.75, 3.05) is 13.2 Å². The molecule has 0 radical (unpaired) electrons. The van der Waals surface area contributed by atoms with E-state index < -0.39 is 16.1 Å². The first-order chi connectivity index (χ1) is 20.6. The Balaban J connectivity index is 1.52. The fourth-order valence-electron chi connectivity index (χ4n) is 4.64. The van der Waals surface area contributed by atoms with Gasteiger partial charge in [-0.1, -0.05) is 66.2 Å². The Morgan fingerprint density at radius 3 is 2.23 bits per heavy atom. The van der Waals surface area contributed by atoms with Gasteiger partial charge < -0.3 is 15.0 Å². The summed E-state index contributed by atoms with van der Waals surface area (Å²) in [6, 6.07) is 22.3. The molecule has 43 heavy (non-hydrogen) atoms. The van der Waals surface area contributed by atoms with Crippen LogP contribution >= 0.6 is 11.6 Å². The minimum absolute atomic E-state index is 0.0251. The summed E-state index contributed by atoms with van der Waals surface area (Å²) >= 11 is 6.11. The summed E-state index contributed by atoms with van der Waals surface area (Å²) in [6.45, 7) is 5.09. The third kappa shape index (κ3) is 10.2. The molecule has 10 heteroatoms. The van der Waals surface area contributed by atoms with Crippen molar-refractivity contribution >= 4 is 33.4 Å². The lowest BCUT2D eigenvalue weighted by atomic mass is 10.0. The minimum atomic E-state index is -3.55. The van der Waals surface area contributed by atoms with Crippen molar-refractivity contribution in [3.63, 3.8) is 0 Å². The van der Waals surface area contributed by atoms with Crippen LogP contribution in [0.3, 0.4) is 0 Å². The molecule has 1 aliphatic rings. The fraction of sp³-hybridized carbons (Fsp3) is 0.394. The number of hydrogen-bond donors (Lipinski definition) is 2. The van der Waals surface area contributed by atoms with Crippen LogP contribution in [0.1, 0.15) is 62.3 Å². The smallest absolute Gasteiger partial charge is 0.247 e. The molecule has 1 fully saturated rings. The maximum Gasteiger partial charge on any atom is 0.247 e. The predicted octanol–water partition coefficient (Wildman–Crippen LogP) is 5.41. The number of halogens is 1. The quantitative estimate of drug-likeness (QED) is 0.207. The zero-order valence-corrected chi connectivity index (χ0v) is 26.2. The molecule has 4 rings (SSSR count). The SMILES string of the molecule is CC(C)OCCCNC(=O)C(c1ccccc1)N(Cc1ccc(Cl)cc1)C(=O)CCc1ccc(S(=O)(=O)NC2CC2)cc1. The zero-order chi connectivity index (χ0) is 30.8. The lowest BCUT2D eigenvalue weighted by Gasteiger charge is -2.32. The normalized spacial score (nSPS) is 14.0. The molecule has 0 heterocycles. The largest absolute Gasteiger partial charge is 0.379 e. The second-order valence-corrected chi connectivity index (χ2v) is 13.2. The van der Waals surface area contributed by atoms with Crippen LogP contribution in [0.5, 0.6) is 0 Å². The summed E-state index contributed by atoms with van der Waals surface area (Å²) in [5.41, 5.74) is 2.38. The van der Waals surface area contributed by atoms with Crippen LogP contribution in [-0.2, 0) is 37.3 Å². The van der Waals surface area contributed by atoms with Crippen molar-refractivity contribution in [3.8, 4) is 0 Å². The van der Waals surface area contributed by atoms with Gasteiger partial charge >= 0.3 is 0 Å². The van der Waals surface area contributed by atoms with Crippen molar-refractivity contribution in [1.29, 1.82) is 0 Å². The molecule has 230 valence electrons. The molecule has 1 atom stereocenters. The van der Waals surface area contributed by atoms with Crippen molar-refractivity contribution in [2.45, 2.75) is 75.6 Å². The monoisotopic (exact) mass is 625 g/mol. The second kappa shape index (κ2) is 15.5. The number of rotatable bonds is 16. The summed E-state index contributed by atoms with van der Waals surface area (Å²) in [6.07, 6.45) is 3.01. The highest BCUT2D eigenvalue weighted by Gasteiger charge is 2.31. The topological polar surface area (TPSA) is 105 Å². The Bertz CT molecular complexity index is 1440. The summed E-state index contributed by atoms with van der Waals surface area (Å²) < 4.78 is 33.3.